The fourth-order valence-corrected chi connectivity index (χ4v) is 1.95. The van der Waals surface area contributed by atoms with E-state index in [1.165, 1.54) is 12.2 Å². The molecule has 0 saturated carbocycles. The van der Waals surface area contributed by atoms with Crippen LogP contribution in [0.15, 0.2) is 0 Å². The summed E-state index contributed by atoms with van der Waals surface area (Å²) in [6, 6.07) is 0.681. The summed E-state index contributed by atoms with van der Waals surface area (Å²) in [6.45, 7) is 1.03. The zero-order valence-corrected chi connectivity index (χ0v) is 7.41. The molecule has 0 amide bonds. The smallest absolute Gasteiger partial charge is 0.0710 e. The first-order valence-electron chi connectivity index (χ1n) is 3.62. The van der Waals surface area contributed by atoms with Crippen molar-refractivity contribution in [3.63, 3.8) is 0 Å². The monoisotopic (exact) mass is 161 g/mol. The number of methoxy groups -OCH3 is 1. The Labute approximate surface area is 66.7 Å². The van der Waals surface area contributed by atoms with Crippen LogP contribution in [0.3, 0.4) is 0 Å². The van der Waals surface area contributed by atoms with E-state index in [0.29, 0.717) is 12.1 Å². The third kappa shape index (κ3) is 2.15. The van der Waals surface area contributed by atoms with Crippen molar-refractivity contribution in [2.75, 3.05) is 25.7 Å². The highest BCUT2D eigenvalue weighted by molar-refractivity contribution is 7.98. The lowest BCUT2D eigenvalue weighted by atomic mass is 10.2. The van der Waals surface area contributed by atoms with Gasteiger partial charge in [0.15, 0.2) is 0 Å². The minimum atomic E-state index is 0.456. The molecule has 0 aromatic carbocycles. The first-order chi connectivity index (χ1) is 4.86. The first kappa shape index (κ1) is 8.37. The summed E-state index contributed by atoms with van der Waals surface area (Å²) in [5.41, 5.74) is 0. The van der Waals surface area contributed by atoms with Crippen LogP contribution in [0.4, 0.5) is 0 Å². The van der Waals surface area contributed by atoms with Gasteiger partial charge in [-0.3, -0.25) is 0 Å². The molecule has 0 aliphatic carbocycles. The van der Waals surface area contributed by atoms with Gasteiger partial charge in [-0.25, -0.2) is 0 Å². The zero-order valence-electron chi connectivity index (χ0n) is 6.59. The normalized spacial score (nSPS) is 33.0. The van der Waals surface area contributed by atoms with Gasteiger partial charge in [-0.1, -0.05) is 0 Å². The van der Waals surface area contributed by atoms with E-state index in [-0.39, 0.29) is 0 Å². The number of hydrogen-bond acceptors (Lipinski definition) is 3. The van der Waals surface area contributed by atoms with Crippen LogP contribution < -0.4 is 5.32 Å². The van der Waals surface area contributed by atoms with Crippen LogP contribution in [-0.4, -0.2) is 37.8 Å². The van der Waals surface area contributed by atoms with Crippen molar-refractivity contribution in [1.29, 1.82) is 0 Å². The number of ether oxygens (including phenoxy) is 1. The molecule has 2 atom stereocenters. The average Bonchev–Trinajstić information content (AvgIpc) is 2.37. The molecule has 1 aliphatic heterocycles. The maximum absolute atomic E-state index is 5.22. The Morgan fingerprint density at radius 2 is 2.50 bits per heavy atom. The second kappa shape index (κ2) is 4.21. The average molecular weight is 161 g/mol. The SMILES string of the molecule is CO[C@H]1CN[C@@H](CSC)C1. The maximum Gasteiger partial charge on any atom is 0.0710 e. The van der Waals surface area contributed by atoms with Gasteiger partial charge in [0.1, 0.15) is 0 Å². The van der Waals surface area contributed by atoms with Crippen LogP contribution in [0.2, 0.25) is 0 Å². The Morgan fingerprint density at radius 3 is 3.00 bits per heavy atom. The van der Waals surface area contributed by atoms with E-state index < -0.39 is 0 Å². The minimum Gasteiger partial charge on any atom is -0.380 e. The Hall–Kier alpha value is 0.270. The highest BCUT2D eigenvalue weighted by Gasteiger charge is 2.22. The summed E-state index contributed by atoms with van der Waals surface area (Å²) in [5, 5.41) is 3.41. The van der Waals surface area contributed by atoms with Crippen LogP contribution in [0.1, 0.15) is 6.42 Å². The number of thioether (sulfide) groups is 1. The molecule has 0 aromatic rings. The first-order valence-corrected chi connectivity index (χ1v) is 5.01. The van der Waals surface area contributed by atoms with Crippen molar-refractivity contribution in [2.24, 2.45) is 0 Å². The Kier molecular flexibility index (Phi) is 3.52. The third-order valence-electron chi connectivity index (χ3n) is 1.88. The van der Waals surface area contributed by atoms with Gasteiger partial charge in [-0.05, 0) is 12.7 Å². The third-order valence-corrected chi connectivity index (χ3v) is 2.62. The van der Waals surface area contributed by atoms with Crippen molar-refractivity contribution in [3.8, 4) is 0 Å². The number of hydrogen-bond donors (Lipinski definition) is 1. The van der Waals surface area contributed by atoms with E-state index in [2.05, 4.69) is 11.6 Å². The predicted octanol–water partition coefficient (Wildman–Crippen LogP) is 0.726. The van der Waals surface area contributed by atoms with Gasteiger partial charge in [-0.15, -0.1) is 0 Å². The van der Waals surface area contributed by atoms with Gasteiger partial charge in [0.05, 0.1) is 6.10 Å². The number of nitrogens with one attached hydrogen (secondary N) is 1. The van der Waals surface area contributed by atoms with Crippen molar-refractivity contribution >= 4 is 11.8 Å². The van der Waals surface area contributed by atoms with E-state index in [9.17, 15) is 0 Å². The van der Waals surface area contributed by atoms with Crippen LogP contribution in [0.5, 0.6) is 0 Å². The molecule has 0 aromatic heterocycles. The van der Waals surface area contributed by atoms with Gasteiger partial charge in [-0.2, -0.15) is 11.8 Å². The molecule has 0 bridgehead atoms. The summed E-state index contributed by atoms with van der Waals surface area (Å²) in [4.78, 5) is 0. The van der Waals surface area contributed by atoms with E-state index in [4.69, 9.17) is 4.74 Å². The fourth-order valence-electron chi connectivity index (χ4n) is 1.29. The Balaban J connectivity index is 2.15. The standard InChI is InChI=1S/C7H15NOS/c1-9-7-3-6(5-10-2)8-4-7/h6-8H,3-5H2,1-2H3/t6-,7-/m1/s1. The maximum atomic E-state index is 5.22. The lowest BCUT2D eigenvalue weighted by Gasteiger charge is -2.06. The Bertz CT molecular complexity index is 99.6. The lowest BCUT2D eigenvalue weighted by Crippen LogP contribution is -2.23. The molecule has 1 aliphatic rings. The fraction of sp³-hybridized carbons (Fsp3) is 1.00. The van der Waals surface area contributed by atoms with Gasteiger partial charge < -0.3 is 10.1 Å². The summed E-state index contributed by atoms with van der Waals surface area (Å²) >= 11 is 1.89. The predicted molar refractivity (Wildman–Crippen MR) is 45.6 cm³/mol. The quantitative estimate of drug-likeness (QED) is 0.659. The van der Waals surface area contributed by atoms with E-state index in [0.717, 1.165) is 6.54 Å². The van der Waals surface area contributed by atoms with Gasteiger partial charge in [0.25, 0.3) is 0 Å². The molecule has 1 N–H and O–H groups in total. The summed E-state index contributed by atoms with van der Waals surface area (Å²) < 4.78 is 5.22. The van der Waals surface area contributed by atoms with Crippen molar-refractivity contribution < 1.29 is 4.74 Å². The van der Waals surface area contributed by atoms with E-state index in [1.807, 2.05) is 11.8 Å². The molecule has 0 radical (unpaired) electrons. The highest BCUT2D eigenvalue weighted by Crippen LogP contribution is 2.12. The lowest BCUT2D eigenvalue weighted by molar-refractivity contribution is 0.118. The summed E-state index contributed by atoms with van der Waals surface area (Å²) in [5.74, 6) is 1.21. The molecule has 10 heavy (non-hydrogen) atoms. The van der Waals surface area contributed by atoms with E-state index in [1.54, 1.807) is 7.11 Å². The molecule has 1 saturated heterocycles. The second-order valence-electron chi connectivity index (χ2n) is 2.65. The largest absolute Gasteiger partial charge is 0.380 e. The van der Waals surface area contributed by atoms with E-state index >= 15 is 0 Å². The molecular formula is C7H15NOS. The van der Waals surface area contributed by atoms with Crippen LogP contribution in [0, 0.1) is 0 Å². The topological polar surface area (TPSA) is 21.3 Å². The van der Waals surface area contributed by atoms with Crippen molar-refractivity contribution in [1.82, 2.24) is 5.32 Å². The summed E-state index contributed by atoms with van der Waals surface area (Å²) in [6.07, 6.45) is 3.77. The van der Waals surface area contributed by atoms with Gasteiger partial charge in [0.2, 0.25) is 0 Å². The number of rotatable bonds is 3. The Morgan fingerprint density at radius 1 is 1.70 bits per heavy atom. The molecule has 0 unspecified atom stereocenters. The van der Waals surface area contributed by atoms with Gasteiger partial charge in [0, 0.05) is 25.4 Å². The molecule has 2 nitrogen and oxygen atoms in total. The second-order valence-corrected chi connectivity index (χ2v) is 3.56. The highest BCUT2D eigenvalue weighted by atomic mass is 32.2. The molecule has 1 rings (SSSR count). The van der Waals surface area contributed by atoms with Crippen LogP contribution in [-0.2, 0) is 4.74 Å². The molecule has 3 heteroatoms. The molecular weight excluding hydrogens is 146 g/mol. The molecule has 60 valence electrons. The zero-order chi connectivity index (χ0) is 7.40. The van der Waals surface area contributed by atoms with Crippen molar-refractivity contribution in [3.05, 3.63) is 0 Å². The molecule has 0 spiro atoms. The van der Waals surface area contributed by atoms with Crippen LogP contribution >= 0.6 is 11.8 Å². The van der Waals surface area contributed by atoms with Crippen molar-refractivity contribution in [2.45, 2.75) is 18.6 Å². The van der Waals surface area contributed by atoms with Gasteiger partial charge >= 0.3 is 0 Å². The summed E-state index contributed by atoms with van der Waals surface area (Å²) in [7, 11) is 1.79. The molecule has 1 fully saturated rings. The molecule has 1 heterocycles. The van der Waals surface area contributed by atoms with Crippen LogP contribution in [0.25, 0.3) is 0 Å². The minimum absolute atomic E-state index is 0.456.